The molecule has 1 N–H and O–H groups in total. The van der Waals surface area contributed by atoms with E-state index in [2.05, 4.69) is 20.1 Å². The monoisotopic (exact) mass is 379 g/mol. The van der Waals surface area contributed by atoms with Crippen molar-refractivity contribution in [3.63, 3.8) is 0 Å². The predicted molar refractivity (Wildman–Crippen MR) is 104 cm³/mol. The van der Waals surface area contributed by atoms with Crippen LogP contribution in [0.15, 0.2) is 42.9 Å². The van der Waals surface area contributed by atoms with Gasteiger partial charge in [0.1, 0.15) is 0 Å². The Balaban J connectivity index is 1.26. The van der Waals surface area contributed by atoms with Gasteiger partial charge in [-0.15, -0.1) is 11.3 Å². The molecule has 0 bridgehead atoms. The van der Waals surface area contributed by atoms with Gasteiger partial charge in [-0.1, -0.05) is 0 Å². The molecule has 138 valence electrons. The van der Waals surface area contributed by atoms with Gasteiger partial charge in [0, 0.05) is 49.0 Å². The van der Waals surface area contributed by atoms with Gasteiger partial charge in [0.15, 0.2) is 0 Å². The van der Waals surface area contributed by atoms with Crippen LogP contribution in [0.1, 0.15) is 39.8 Å². The van der Waals surface area contributed by atoms with Crippen molar-refractivity contribution in [1.29, 1.82) is 0 Å². The summed E-state index contributed by atoms with van der Waals surface area (Å²) in [6, 6.07) is 8.32. The number of likely N-dealkylation sites (tertiary alicyclic amines) is 1. The predicted octanol–water partition coefficient (Wildman–Crippen LogP) is 3.09. The highest BCUT2D eigenvalue weighted by atomic mass is 32.1. The first-order valence-electron chi connectivity index (χ1n) is 9.35. The fourth-order valence-corrected chi connectivity index (χ4v) is 4.97. The Labute approximate surface area is 161 Å². The van der Waals surface area contributed by atoms with E-state index < -0.39 is 0 Å². The quantitative estimate of drug-likeness (QED) is 0.760. The van der Waals surface area contributed by atoms with Crippen molar-refractivity contribution in [3.8, 4) is 10.4 Å². The molecule has 1 fully saturated rings. The van der Waals surface area contributed by atoms with E-state index in [9.17, 15) is 4.79 Å². The van der Waals surface area contributed by atoms with Crippen LogP contribution in [0.5, 0.6) is 0 Å². The Morgan fingerprint density at radius 1 is 1.11 bits per heavy atom. The van der Waals surface area contributed by atoms with E-state index in [0.29, 0.717) is 6.04 Å². The number of fused-ring (bicyclic) bond motifs is 1. The number of nitrogens with zero attached hydrogens (tertiary/aromatic N) is 4. The molecule has 0 spiro atoms. The van der Waals surface area contributed by atoms with Crippen LogP contribution in [-0.2, 0) is 13.1 Å². The zero-order chi connectivity index (χ0) is 18.2. The zero-order valence-electron chi connectivity index (χ0n) is 15.0. The van der Waals surface area contributed by atoms with Crippen molar-refractivity contribution in [3.05, 3.63) is 59.0 Å². The average Bonchev–Trinajstić information content (AvgIpc) is 3.45. The molecule has 7 heteroatoms. The van der Waals surface area contributed by atoms with E-state index in [-0.39, 0.29) is 5.91 Å². The van der Waals surface area contributed by atoms with Crippen LogP contribution in [0.25, 0.3) is 10.4 Å². The lowest BCUT2D eigenvalue weighted by Crippen LogP contribution is -2.39. The van der Waals surface area contributed by atoms with Crippen LogP contribution in [0, 0.1) is 0 Å². The molecular formula is C20H21N5OS. The Kier molecular flexibility index (Phi) is 4.26. The van der Waals surface area contributed by atoms with Gasteiger partial charge < -0.3 is 10.2 Å². The molecule has 1 amide bonds. The maximum atomic E-state index is 12.9. The lowest BCUT2D eigenvalue weighted by Gasteiger charge is -2.32. The van der Waals surface area contributed by atoms with E-state index in [4.69, 9.17) is 0 Å². The minimum atomic E-state index is 0.145. The fraction of sp³-hybridized carbons (Fsp3) is 0.350. The van der Waals surface area contributed by atoms with Crippen molar-refractivity contribution < 1.29 is 4.79 Å². The van der Waals surface area contributed by atoms with Gasteiger partial charge in [-0.25, -0.2) is 0 Å². The van der Waals surface area contributed by atoms with Crippen molar-refractivity contribution in [1.82, 2.24) is 25.0 Å². The van der Waals surface area contributed by atoms with E-state index >= 15 is 0 Å². The molecule has 6 nitrogen and oxygen atoms in total. The highest BCUT2D eigenvalue weighted by Crippen LogP contribution is 2.31. The maximum Gasteiger partial charge on any atom is 0.263 e. The lowest BCUT2D eigenvalue weighted by molar-refractivity contribution is 0.0694. The Bertz CT molecular complexity index is 956. The molecule has 0 atom stereocenters. The lowest BCUT2D eigenvalue weighted by atomic mass is 10.0. The molecule has 5 rings (SSSR count). The molecule has 0 aliphatic carbocycles. The van der Waals surface area contributed by atoms with E-state index in [1.54, 1.807) is 23.7 Å². The second-order valence-corrected chi connectivity index (χ2v) is 8.17. The topological polar surface area (TPSA) is 63.1 Å². The van der Waals surface area contributed by atoms with Crippen LogP contribution >= 0.6 is 11.3 Å². The summed E-state index contributed by atoms with van der Waals surface area (Å²) in [5, 5.41) is 7.98. The summed E-state index contributed by atoms with van der Waals surface area (Å²) in [6.07, 6.45) is 7.47. The van der Waals surface area contributed by atoms with E-state index in [0.717, 1.165) is 54.3 Å². The third-order valence-corrected chi connectivity index (χ3v) is 6.59. The van der Waals surface area contributed by atoms with Gasteiger partial charge in [-0.3, -0.25) is 14.5 Å². The first-order valence-corrected chi connectivity index (χ1v) is 10.2. The van der Waals surface area contributed by atoms with Crippen molar-refractivity contribution in [2.75, 3.05) is 13.1 Å². The molecule has 2 aliphatic rings. The van der Waals surface area contributed by atoms with Gasteiger partial charge >= 0.3 is 0 Å². The van der Waals surface area contributed by atoms with Crippen LogP contribution < -0.4 is 5.32 Å². The third kappa shape index (κ3) is 3.07. The minimum Gasteiger partial charge on any atom is -0.338 e. The van der Waals surface area contributed by atoms with Gasteiger partial charge in [0.25, 0.3) is 5.91 Å². The van der Waals surface area contributed by atoms with Crippen molar-refractivity contribution in [2.45, 2.75) is 32.0 Å². The molecule has 0 aromatic carbocycles. The number of hydrogen-bond donors (Lipinski definition) is 1. The normalized spacial score (nSPS) is 17.3. The van der Waals surface area contributed by atoms with Gasteiger partial charge in [0.2, 0.25) is 0 Å². The number of aromatic nitrogens is 3. The molecule has 3 aromatic heterocycles. The second kappa shape index (κ2) is 6.90. The molecular weight excluding hydrogens is 358 g/mol. The SMILES string of the molecule is O=C(c1ccc(-c2ccncc2)s1)N1CCC(n2ncc3c2CNC3)CC1. The smallest absolute Gasteiger partial charge is 0.263 e. The summed E-state index contributed by atoms with van der Waals surface area (Å²) in [5.74, 6) is 0.145. The summed E-state index contributed by atoms with van der Waals surface area (Å²) in [7, 11) is 0. The highest BCUT2D eigenvalue weighted by Gasteiger charge is 2.28. The number of thiophene rings is 1. The van der Waals surface area contributed by atoms with Gasteiger partial charge in [0.05, 0.1) is 22.8 Å². The summed E-state index contributed by atoms with van der Waals surface area (Å²) < 4.78 is 2.18. The number of nitrogens with one attached hydrogen (secondary N) is 1. The molecule has 2 aliphatic heterocycles. The number of carbonyl (C=O) groups is 1. The number of pyridine rings is 1. The molecule has 0 radical (unpaired) electrons. The van der Waals surface area contributed by atoms with Gasteiger partial charge in [-0.2, -0.15) is 5.10 Å². The summed E-state index contributed by atoms with van der Waals surface area (Å²) in [5.41, 5.74) is 3.74. The average molecular weight is 379 g/mol. The molecule has 27 heavy (non-hydrogen) atoms. The van der Waals surface area contributed by atoms with Crippen molar-refractivity contribution in [2.24, 2.45) is 0 Å². The first-order chi connectivity index (χ1) is 13.3. The number of amides is 1. The number of hydrogen-bond acceptors (Lipinski definition) is 5. The fourth-order valence-electron chi connectivity index (χ4n) is 3.99. The summed E-state index contributed by atoms with van der Waals surface area (Å²) in [6.45, 7) is 3.40. The largest absolute Gasteiger partial charge is 0.338 e. The van der Waals surface area contributed by atoms with Gasteiger partial charge in [-0.05, 0) is 42.7 Å². The first kappa shape index (κ1) is 16.6. The van der Waals surface area contributed by atoms with Crippen LogP contribution in [-0.4, -0.2) is 38.7 Å². The Morgan fingerprint density at radius 2 is 1.93 bits per heavy atom. The molecule has 0 saturated carbocycles. The molecule has 3 aromatic rings. The second-order valence-electron chi connectivity index (χ2n) is 7.09. The molecule has 0 unspecified atom stereocenters. The Hall–Kier alpha value is -2.51. The zero-order valence-corrected chi connectivity index (χ0v) is 15.8. The number of carbonyl (C=O) groups excluding carboxylic acids is 1. The third-order valence-electron chi connectivity index (χ3n) is 5.47. The standard InChI is InChI=1S/C20H21N5OS/c26-20(19-2-1-18(27-19)14-3-7-21-8-4-14)24-9-5-16(6-10-24)25-17-13-22-11-15(17)12-23-25/h1-4,7-8,12,16,22H,5-6,9-11,13H2. The van der Waals surface area contributed by atoms with E-state index in [1.807, 2.05) is 35.4 Å². The molecule has 5 heterocycles. The molecule has 1 saturated heterocycles. The van der Waals surface area contributed by atoms with Crippen molar-refractivity contribution >= 4 is 17.2 Å². The van der Waals surface area contributed by atoms with E-state index in [1.165, 1.54) is 11.3 Å². The summed E-state index contributed by atoms with van der Waals surface area (Å²) >= 11 is 1.56. The maximum absolute atomic E-state index is 12.9. The van der Waals surface area contributed by atoms with Crippen LogP contribution in [0.3, 0.4) is 0 Å². The number of piperidine rings is 1. The minimum absolute atomic E-state index is 0.145. The van der Waals surface area contributed by atoms with Crippen LogP contribution in [0.2, 0.25) is 0 Å². The summed E-state index contributed by atoms with van der Waals surface area (Å²) in [4.78, 5) is 20.9. The Morgan fingerprint density at radius 3 is 2.74 bits per heavy atom. The highest BCUT2D eigenvalue weighted by molar-refractivity contribution is 7.17. The van der Waals surface area contributed by atoms with Crippen LogP contribution in [0.4, 0.5) is 0 Å². The number of rotatable bonds is 3.